The van der Waals surface area contributed by atoms with Crippen molar-refractivity contribution < 1.29 is 9.53 Å². The van der Waals surface area contributed by atoms with E-state index >= 15 is 0 Å². The van der Waals surface area contributed by atoms with Crippen molar-refractivity contribution in [3.05, 3.63) is 24.8 Å². The van der Waals surface area contributed by atoms with Crippen molar-refractivity contribution in [3.8, 4) is 0 Å². The fourth-order valence-corrected chi connectivity index (χ4v) is 1.41. The van der Waals surface area contributed by atoms with Crippen molar-refractivity contribution in [2.75, 3.05) is 6.61 Å². The summed E-state index contributed by atoms with van der Waals surface area (Å²) >= 11 is 0. The Morgan fingerprint density at radius 2 is 2.20 bits per heavy atom. The molecule has 0 saturated carbocycles. The molecule has 0 amide bonds. The van der Waals surface area contributed by atoms with Crippen LogP contribution in [0.4, 0.5) is 0 Å². The summed E-state index contributed by atoms with van der Waals surface area (Å²) in [5, 5.41) is 0. The molecule has 2 heteroatoms. The average molecular weight is 210 g/mol. The summed E-state index contributed by atoms with van der Waals surface area (Å²) in [6.07, 6.45) is 10.1. The van der Waals surface area contributed by atoms with E-state index in [9.17, 15) is 4.79 Å². The number of carbonyl (C=O) groups excluding carboxylic acids is 1. The maximum absolute atomic E-state index is 10.9. The molecule has 0 heterocycles. The van der Waals surface area contributed by atoms with Gasteiger partial charge in [0.05, 0.1) is 6.61 Å². The first-order valence-electron chi connectivity index (χ1n) is 5.66. The SMILES string of the molecule is C=CC(=O)OCC(C=CC)CCCCC. The van der Waals surface area contributed by atoms with E-state index in [1.165, 1.54) is 25.3 Å². The number of allylic oxidation sites excluding steroid dienone is 1. The quantitative estimate of drug-likeness (QED) is 0.265. The third-order valence-electron chi connectivity index (χ3n) is 2.25. The number of unbranched alkanes of at least 4 members (excludes halogenated alkanes) is 2. The van der Waals surface area contributed by atoms with Crippen LogP contribution < -0.4 is 0 Å². The minimum atomic E-state index is -0.333. The average Bonchev–Trinajstić information content (AvgIpc) is 2.25. The minimum absolute atomic E-state index is 0.333. The van der Waals surface area contributed by atoms with Crippen molar-refractivity contribution in [2.24, 2.45) is 5.92 Å². The summed E-state index contributed by atoms with van der Waals surface area (Å²) in [6, 6.07) is 0. The molecule has 0 spiro atoms. The van der Waals surface area contributed by atoms with Crippen LogP contribution in [0.2, 0.25) is 0 Å². The van der Waals surface area contributed by atoms with E-state index in [0.717, 1.165) is 6.42 Å². The Morgan fingerprint density at radius 3 is 2.73 bits per heavy atom. The second kappa shape index (κ2) is 9.50. The van der Waals surface area contributed by atoms with E-state index < -0.39 is 0 Å². The van der Waals surface area contributed by atoms with Gasteiger partial charge in [0.25, 0.3) is 0 Å². The van der Waals surface area contributed by atoms with Gasteiger partial charge in [-0.25, -0.2) is 4.79 Å². The molecule has 1 unspecified atom stereocenters. The van der Waals surface area contributed by atoms with Gasteiger partial charge in [0, 0.05) is 12.0 Å². The number of hydrogen-bond acceptors (Lipinski definition) is 2. The van der Waals surface area contributed by atoms with Crippen LogP contribution in [-0.4, -0.2) is 12.6 Å². The number of esters is 1. The van der Waals surface area contributed by atoms with Crippen molar-refractivity contribution in [3.63, 3.8) is 0 Å². The molecule has 0 aromatic carbocycles. The summed E-state index contributed by atoms with van der Waals surface area (Å²) < 4.78 is 5.03. The predicted octanol–water partition coefficient (Wildman–Crippen LogP) is 3.49. The molecule has 0 bridgehead atoms. The molecular weight excluding hydrogens is 188 g/mol. The molecule has 0 aliphatic heterocycles. The second-order valence-electron chi connectivity index (χ2n) is 3.62. The Labute approximate surface area is 93.0 Å². The normalized spacial score (nSPS) is 12.7. The Hall–Kier alpha value is -1.05. The van der Waals surface area contributed by atoms with E-state index in [4.69, 9.17) is 4.74 Å². The fourth-order valence-electron chi connectivity index (χ4n) is 1.41. The first kappa shape index (κ1) is 13.9. The number of ether oxygens (including phenoxy) is 1. The highest BCUT2D eigenvalue weighted by atomic mass is 16.5. The van der Waals surface area contributed by atoms with Crippen LogP contribution in [-0.2, 0) is 9.53 Å². The lowest BCUT2D eigenvalue weighted by molar-refractivity contribution is -0.138. The Bertz CT molecular complexity index is 207. The highest BCUT2D eigenvalue weighted by Crippen LogP contribution is 2.12. The van der Waals surface area contributed by atoms with Crippen LogP contribution in [0.3, 0.4) is 0 Å². The van der Waals surface area contributed by atoms with E-state index in [0.29, 0.717) is 12.5 Å². The maximum atomic E-state index is 10.9. The molecule has 0 aromatic rings. The van der Waals surface area contributed by atoms with E-state index in [1.807, 2.05) is 13.0 Å². The molecule has 0 aromatic heterocycles. The van der Waals surface area contributed by atoms with Crippen LogP contribution in [0.25, 0.3) is 0 Å². The summed E-state index contributed by atoms with van der Waals surface area (Å²) in [6.45, 7) is 8.01. The van der Waals surface area contributed by atoms with Gasteiger partial charge in [-0.2, -0.15) is 0 Å². The summed E-state index contributed by atoms with van der Waals surface area (Å²) in [4.78, 5) is 10.9. The lowest BCUT2D eigenvalue weighted by atomic mass is 10.0. The van der Waals surface area contributed by atoms with Gasteiger partial charge in [-0.1, -0.05) is 44.9 Å². The van der Waals surface area contributed by atoms with Crippen LogP contribution in [0.15, 0.2) is 24.8 Å². The van der Waals surface area contributed by atoms with E-state index in [-0.39, 0.29) is 5.97 Å². The Balaban J connectivity index is 3.82. The van der Waals surface area contributed by atoms with Crippen molar-refractivity contribution >= 4 is 5.97 Å². The largest absolute Gasteiger partial charge is 0.462 e. The van der Waals surface area contributed by atoms with E-state index in [1.54, 1.807) is 0 Å². The molecule has 1 atom stereocenters. The van der Waals surface area contributed by atoms with Crippen LogP contribution >= 0.6 is 0 Å². The van der Waals surface area contributed by atoms with Gasteiger partial charge in [0.1, 0.15) is 0 Å². The standard InChI is InChI=1S/C13H22O2/c1-4-7-8-10-12(9-5-2)11-15-13(14)6-3/h5-6,9,12H,3-4,7-8,10-11H2,1-2H3. The van der Waals surface area contributed by atoms with Gasteiger partial charge in [0.2, 0.25) is 0 Å². The highest BCUT2D eigenvalue weighted by molar-refractivity contribution is 5.81. The molecule has 0 N–H and O–H groups in total. The lowest BCUT2D eigenvalue weighted by Gasteiger charge is -2.11. The van der Waals surface area contributed by atoms with Gasteiger partial charge >= 0.3 is 5.97 Å². The zero-order valence-corrected chi connectivity index (χ0v) is 9.87. The second-order valence-corrected chi connectivity index (χ2v) is 3.62. The van der Waals surface area contributed by atoms with Gasteiger partial charge in [0.15, 0.2) is 0 Å². The van der Waals surface area contributed by atoms with Crippen molar-refractivity contribution in [1.29, 1.82) is 0 Å². The molecule has 0 rings (SSSR count). The minimum Gasteiger partial charge on any atom is -0.462 e. The molecule has 0 saturated heterocycles. The molecule has 15 heavy (non-hydrogen) atoms. The topological polar surface area (TPSA) is 26.3 Å². The number of rotatable bonds is 8. The van der Waals surface area contributed by atoms with Crippen molar-refractivity contribution in [2.45, 2.75) is 39.5 Å². The highest BCUT2D eigenvalue weighted by Gasteiger charge is 2.06. The fraction of sp³-hybridized carbons (Fsp3) is 0.615. The number of carbonyl (C=O) groups is 1. The summed E-state index contributed by atoms with van der Waals surface area (Å²) in [5.74, 6) is 0.0189. The summed E-state index contributed by atoms with van der Waals surface area (Å²) in [7, 11) is 0. The van der Waals surface area contributed by atoms with Crippen LogP contribution in [0, 0.1) is 5.92 Å². The van der Waals surface area contributed by atoms with Gasteiger partial charge in [-0.3, -0.25) is 0 Å². The molecular formula is C13H22O2. The molecule has 0 fully saturated rings. The Morgan fingerprint density at radius 1 is 1.47 bits per heavy atom. The molecule has 0 aliphatic rings. The molecule has 0 aliphatic carbocycles. The Kier molecular flexibility index (Phi) is 8.84. The van der Waals surface area contributed by atoms with Gasteiger partial charge < -0.3 is 4.74 Å². The first-order valence-corrected chi connectivity index (χ1v) is 5.66. The zero-order chi connectivity index (χ0) is 11.5. The van der Waals surface area contributed by atoms with Crippen LogP contribution in [0.1, 0.15) is 39.5 Å². The lowest BCUT2D eigenvalue weighted by Crippen LogP contribution is -2.10. The molecule has 0 radical (unpaired) electrons. The molecule has 2 nitrogen and oxygen atoms in total. The third-order valence-corrected chi connectivity index (χ3v) is 2.25. The first-order chi connectivity index (χ1) is 7.24. The van der Waals surface area contributed by atoms with Gasteiger partial charge in [-0.05, 0) is 13.3 Å². The van der Waals surface area contributed by atoms with Crippen molar-refractivity contribution in [1.82, 2.24) is 0 Å². The smallest absolute Gasteiger partial charge is 0.330 e. The predicted molar refractivity (Wildman–Crippen MR) is 63.6 cm³/mol. The summed E-state index contributed by atoms with van der Waals surface area (Å²) in [5.41, 5.74) is 0. The molecule has 86 valence electrons. The maximum Gasteiger partial charge on any atom is 0.330 e. The van der Waals surface area contributed by atoms with Crippen LogP contribution in [0.5, 0.6) is 0 Å². The third kappa shape index (κ3) is 7.98. The van der Waals surface area contributed by atoms with Gasteiger partial charge in [-0.15, -0.1) is 0 Å². The zero-order valence-electron chi connectivity index (χ0n) is 9.87. The monoisotopic (exact) mass is 210 g/mol. The van der Waals surface area contributed by atoms with E-state index in [2.05, 4.69) is 19.6 Å². The number of hydrogen-bond donors (Lipinski definition) is 0.